The van der Waals surface area contributed by atoms with E-state index in [0.717, 1.165) is 25.7 Å². The van der Waals surface area contributed by atoms with Crippen LogP contribution >= 0.6 is 0 Å². The van der Waals surface area contributed by atoms with E-state index in [2.05, 4.69) is 22.9 Å². The molecule has 1 aliphatic rings. The molecule has 3 unspecified atom stereocenters. The highest BCUT2D eigenvalue weighted by molar-refractivity contribution is 5.94. The normalized spacial score (nSPS) is 26.0. The van der Waals surface area contributed by atoms with Crippen LogP contribution in [0.1, 0.15) is 112 Å². The average Bonchev–Trinajstić information content (AvgIpc) is 2.89. The zero-order chi connectivity index (χ0) is 29.4. The minimum atomic E-state index is -1.40. The van der Waals surface area contributed by atoms with Crippen molar-refractivity contribution in [3.8, 4) is 0 Å². The summed E-state index contributed by atoms with van der Waals surface area (Å²) in [5, 5.41) is 27.4. The predicted octanol–water partition coefficient (Wildman–Crippen LogP) is 2.73. The summed E-state index contributed by atoms with van der Waals surface area (Å²) in [5.74, 6) is -3.83. The molecule has 1 fully saturated rings. The van der Waals surface area contributed by atoms with Gasteiger partial charge in [0.15, 0.2) is 6.04 Å². The summed E-state index contributed by atoms with van der Waals surface area (Å²) in [6.07, 6.45) is 11.2. The molecule has 0 radical (unpaired) electrons. The lowest BCUT2D eigenvalue weighted by atomic mass is 9.95. The molecule has 0 aromatic heterocycles. The molecular formula is C29H53N3O7. The number of carbonyl (C=O) groups excluding carboxylic acids is 4. The van der Waals surface area contributed by atoms with E-state index in [4.69, 9.17) is 4.74 Å². The van der Waals surface area contributed by atoms with Gasteiger partial charge in [-0.2, -0.15) is 0 Å². The van der Waals surface area contributed by atoms with Crippen LogP contribution in [0, 0.1) is 11.8 Å². The van der Waals surface area contributed by atoms with Crippen molar-refractivity contribution in [3.63, 3.8) is 0 Å². The Labute approximate surface area is 234 Å². The number of hydrogen-bond donors (Lipinski definition) is 5. The molecule has 5 N–H and O–H groups in total. The summed E-state index contributed by atoms with van der Waals surface area (Å²) in [5.41, 5.74) is 0. The Bertz CT molecular complexity index is 759. The van der Waals surface area contributed by atoms with Crippen molar-refractivity contribution in [3.05, 3.63) is 0 Å². The van der Waals surface area contributed by atoms with Crippen LogP contribution in [-0.4, -0.2) is 70.8 Å². The molecule has 0 saturated carbocycles. The Balaban J connectivity index is 2.88. The quantitative estimate of drug-likeness (QED) is 0.154. The second kappa shape index (κ2) is 19.0. The Kier molecular flexibility index (Phi) is 16.9. The zero-order valence-electron chi connectivity index (χ0n) is 24.7. The number of amides is 3. The minimum Gasteiger partial charge on any atom is -0.460 e. The lowest BCUT2D eigenvalue weighted by molar-refractivity contribution is -0.159. The highest BCUT2D eigenvalue weighted by Crippen LogP contribution is 2.20. The van der Waals surface area contributed by atoms with Gasteiger partial charge in [-0.3, -0.25) is 14.4 Å². The molecule has 226 valence electrons. The second-order valence-electron chi connectivity index (χ2n) is 11.3. The smallest absolute Gasteiger partial charge is 0.331 e. The van der Waals surface area contributed by atoms with E-state index in [1.807, 2.05) is 0 Å². The maximum Gasteiger partial charge on any atom is 0.331 e. The van der Waals surface area contributed by atoms with Crippen LogP contribution in [0.2, 0.25) is 0 Å². The SMILES string of the molecule is CCCCCCCCCCCCCC1OC(=O)C(CO)NC(=O)C([C@@H](C)O)NC(=O)[C@H](C(C)C)NC(=O)[C@@H]1C. The van der Waals surface area contributed by atoms with Gasteiger partial charge in [0.05, 0.1) is 18.6 Å². The fourth-order valence-corrected chi connectivity index (χ4v) is 4.73. The summed E-state index contributed by atoms with van der Waals surface area (Å²) < 4.78 is 5.67. The molecule has 1 rings (SSSR count). The number of rotatable bonds is 15. The summed E-state index contributed by atoms with van der Waals surface area (Å²) in [4.78, 5) is 51.8. The third-order valence-electron chi connectivity index (χ3n) is 7.42. The first-order valence-corrected chi connectivity index (χ1v) is 14.9. The third-order valence-corrected chi connectivity index (χ3v) is 7.42. The highest BCUT2D eigenvalue weighted by atomic mass is 16.5. The van der Waals surface area contributed by atoms with Crippen molar-refractivity contribution < 1.29 is 34.1 Å². The van der Waals surface area contributed by atoms with E-state index in [9.17, 15) is 29.4 Å². The van der Waals surface area contributed by atoms with Gasteiger partial charge in [-0.15, -0.1) is 0 Å². The van der Waals surface area contributed by atoms with Crippen molar-refractivity contribution >= 4 is 23.7 Å². The number of aliphatic hydroxyl groups excluding tert-OH is 2. The Morgan fingerprint density at radius 1 is 0.744 bits per heavy atom. The number of aliphatic hydroxyl groups is 2. The van der Waals surface area contributed by atoms with Gasteiger partial charge in [-0.25, -0.2) is 4.79 Å². The van der Waals surface area contributed by atoms with Gasteiger partial charge >= 0.3 is 5.97 Å². The van der Waals surface area contributed by atoms with Crippen LogP contribution in [0.3, 0.4) is 0 Å². The molecule has 0 spiro atoms. The Morgan fingerprint density at radius 2 is 1.23 bits per heavy atom. The topological polar surface area (TPSA) is 154 Å². The molecule has 39 heavy (non-hydrogen) atoms. The first-order chi connectivity index (χ1) is 18.5. The Hall–Kier alpha value is -2.20. The van der Waals surface area contributed by atoms with Crippen LogP contribution in [0.5, 0.6) is 0 Å². The molecule has 0 bridgehead atoms. The summed E-state index contributed by atoms with van der Waals surface area (Å²) in [6, 6.07) is -3.74. The summed E-state index contributed by atoms with van der Waals surface area (Å²) in [6.45, 7) is 7.97. The fraction of sp³-hybridized carbons (Fsp3) is 0.862. The lowest BCUT2D eigenvalue weighted by Crippen LogP contribution is -2.60. The second-order valence-corrected chi connectivity index (χ2v) is 11.3. The molecule has 6 atom stereocenters. The predicted molar refractivity (Wildman–Crippen MR) is 150 cm³/mol. The van der Waals surface area contributed by atoms with E-state index < -0.39 is 66.5 Å². The van der Waals surface area contributed by atoms with E-state index in [0.29, 0.717) is 6.42 Å². The van der Waals surface area contributed by atoms with Crippen molar-refractivity contribution in [1.82, 2.24) is 16.0 Å². The molecule has 0 aromatic carbocycles. The van der Waals surface area contributed by atoms with Gasteiger partial charge in [0.25, 0.3) is 0 Å². The van der Waals surface area contributed by atoms with Gasteiger partial charge in [-0.1, -0.05) is 91.9 Å². The lowest BCUT2D eigenvalue weighted by Gasteiger charge is -2.28. The number of unbranched alkanes of at least 4 members (excludes halogenated alkanes) is 10. The molecule has 1 saturated heterocycles. The first kappa shape index (κ1) is 34.8. The average molecular weight is 556 g/mol. The molecule has 0 aliphatic carbocycles. The molecule has 3 amide bonds. The monoisotopic (exact) mass is 555 g/mol. The fourth-order valence-electron chi connectivity index (χ4n) is 4.73. The van der Waals surface area contributed by atoms with Crippen LogP contribution in [0.15, 0.2) is 0 Å². The maximum atomic E-state index is 13.2. The largest absolute Gasteiger partial charge is 0.460 e. The van der Waals surface area contributed by atoms with Crippen LogP contribution < -0.4 is 16.0 Å². The first-order valence-electron chi connectivity index (χ1n) is 14.9. The van der Waals surface area contributed by atoms with Gasteiger partial charge in [0, 0.05) is 0 Å². The van der Waals surface area contributed by atoms with Crippen molar-refractivity contribution in [2.24, 2.45) is 11.8 Å². The highest BCUT2D eigenvalue weighted by Gasteiger charge is 2.37. The number of nitrogens with one attached hydrogen (secondary N) is 3. The maximum absolute atomic E-state index is 13.2. The van der Waals surface area contributed by atoms with Gasteiger partial charge in [0.1, 0.15) is 18.2 Å². The van der Waals surface area contributed by atoms with E-state index >= 15 is 0 Å². The molecule has 1 aliphatic heterocycles. The summed E-state index contributed by atoms with van der Waals surface area (Å²) >= 11 is 0. The number of cyclic esters (lactones) is 1. The molecule has 10 nitrogen and oxygen atoms in total. The standard InChI is InChI=1S/C29H53N3O7/c1-6-7-8-9-10-11-12-13-14-15-16-17-23-20(4)26(35)31-24(19(2)3)27(36)32-25(21(5)34)28(37)30-22(18-33)29(38)39-23/h19-25,33-34H,6-18H2,1-5H3,(H,30,37)(H,31,35)(H,32,36)/t20-,21-,22?,23?,24+,25?/m1/s1. The van der Waals surface area contributed by atoms with Gasteiger partial charge in [0.2, 0.25) is 17.7 Å². The van der Waals surface area contributed by atoms with Gasteiger partial charge < -0.3 is 30.9 Å². The zero-order valence-corrected chi connectivity index (χ0v) is 24.7. The van der Waals surface area contributed by atoms with Crippen LogP contribution in [-0.2, 0) is 23.9 Å². The molecule has 1 heterocycles. The number of hydrogen-bond acceptors (Lipinski definition) is 7. The molecular weight excluding hydrogens is 502 g/mol. The molecule has 10 heteroatoms. The number of carbonyl (C=O) groups is 4. The minimum absolute atomic E-state index is 0.304. The van der Waals surface area contributed by atoms with Crippen molar-refractivity contribution in [1.29, 1.82) is 0 Å². The summed E-state index contributed by atoms with van der Waals surface area (Å²) in [7, 11) is 0. The van der Waals surface area contributed by atoms with Gasteiger partial charge in [-0.05, 0) is 25.7 Å². The number of ether oxygens (including phenoxy) is 1. The van der Waals surface area contributed by atoms with E-state index in [-0.39, 0.29) is 5.92 Å². The van der Waals surface area contributed by atoms with E-state index in [1.165, 1.54) is 51.9 Å². The molecule has 0 aromatic rings. The Morgan fingerprint density at radius 3 is 1.72 bits per heavy atom. The van der Waals surface area contributed by atoms with E-state index in [1.54, 1.807) is 20.8 Å². The van der Waals surface area contributed by atoms with Crippen LogP contribution in [0.4, 0.5) is 0 Å². The van der Waals surface area contributed by atoms with Crippen molar-refractivity contribution in [2.75, 3.05) is 6.61 Å². The number of esters is 1. The van der Waals surface area contributed by atoms with Crippen LogP contribution in [0.25, 0.3) is 0 Å². The van der Waals surface area contributed by atoms with Crippen molar-refractivity contribution in [2.45, 2.75) is 142 Å². The third kappa shape index (κ3) is 12.7.